The number of rotatable bonds is 7. The van der Waals surface area contributed by atoms with Gasteiger partial charge >= 0.3 is 0 Å². The molecule has 0 amide bonds. The van der Waals surface area contributed by atoms with Crippen LogP contribution in [0.1, 0.15) is 5.56 Å². The molecule has 0 aliphatic heterocycles. The molecule has 124 valence electrons. The largest absolute Gasteiger partial charge is 0.399 e. The maximum absolute atomic E-state index is 12.9. The van der Waals surface area contributed by atoms with Crippen molar-refractivity contribution in [1.29, 1.82) is 0 Å². The van der Waals surface area contributed by atoms with Crippen molar-refractivity contribution >= 4 is 21.4 Å². The second kappa shape index (κ2) is 7.48. The van der Waals surface area contributed by atoms with Crippen LogP contribution in [0.15, 0.2) is 54.6 Å². The molecule has 0 unspecified atom stereocenters. The Hall–Kier alpha value is -2.05. The molecular weight excluding hydrogens is 310 g/mol. The van der Waals surface area contributed by atoms with Crippen molar-refractivity contribution in [2.45, 2.75) is 5.75 Å². The van der Waals surface area contributed by atoms with E-state index >= 15 is 0 Å². The van der Waals surface area contributed by atoms with Crippen molar-refractivity contribution in [1.82, 2.24) is 4.90 Å². The zero-order valence-corrected chi connectivity index (χ0v) is 14.3. The van der Waals surface area contributed by atoms with E-state index in [1.807, 2.05) is 49.3 Å². The molecule has 0 saturated heterocycles. The van der Waals surface area contributed by atoms with Gasteiger partial charge in [0.2, 0.25) is 10.0 Å². The molecule has 0 spiro atoms. The van der Waals surface area contributed by atoms with Gasteiger partial charge in [-0.1, -0.05) is 30.3 Å². The van der Waals surface area contributed by atoms with Crippen molar-refractivity contribution in [3.8, 4) is 0 Å². The first-order chi connectivity index (χ1) is 10.9. The number of nitrogen functional groups attached to an aromatic ring is 1. The Morgan fingerprint density at radius 1 is 0.913 bits per heavy atom. The molecule has 0 bridgehead atoms. The number of sulfonamides is 1. The minimum absolute atomic E-state index is 0.0222. The molecule has 6 heteroatoms. The van der Waals surface area contributed by atoms with E-state index in [0.717, 1.165) is 5.56 Å². The average Bonchev–Trinajstić information content (AvgIpc) is 2.49. The van der Waals surface area contributed by atoms with Crippen molar-refractivity contribution < 1.29 is 8.42 Å². The lowest BCUT2D eigenvalue weighted by molar-refractivity contribution is 0.419. The summed E-state index contributed by atoms with van der Waals surface area (Å²) in [5.74, 6) is -0.0222. The van der Waals surface area contributed by atoms with Crippen LogP contribution in [-0.4, -0.2) is 40.5 Å². The topological polar surface area (TPSA) is 66.6 Å². The Labute approximate surface area is 138 Å². The van der Waals surface area contributed by atoms with Crippen molar-refractivity contribution in [3.63, 3.8) is 0 Å². The van der Waals surface area contributed by atoms with Crippen LogP contribution in [0.4, 0.5) is 11.4 Å². The zero-order chi connectivity index (χ0) is 16.9. The van der Waals surface area contributed by atoms with E-state index in [4.69, 9.17) is 5.73 Å². The number of benzene rings is 2. The molecule has 0 aromatic heterocycles. The fraction of sp³-hybridized carbons (Fsp3) is 0.294. The van der Waals surface area contributed by atoms with Gasteiger partial charge in [-0.2, -0.15) is 0 Å². The lowest BCUT2D eigenvalue weighted by Crippen LogP contribution is -2.37. The van der Waals surface area contributed by atoms with E-state index < -0.39 is 10.0 Å². The predicted octanol–water partition coefficient (Wildman–Crippen LogP) is 2.17. The van der Waals surface area contributed by atoms with Gasteiger partial charge in [-0.3, -0.25) is 4.31 Å². The maximum Gasteiger partial charge on any atom is 0.239 e. The molecule has 0 heterocycles. The summed E-state index contributed by atoms with van der Waals surface area (Å²) in [6.45, 7) is 1.03. The highest BCUT2D eigenvalue weighted by Gasteiger charge is 2.23. The Balaban J connectivity index is 2.29. The minimum Gasteiger partial charge on any atom is -0.399 e. The van der Waals surface area contributed by atoms with Gasteiger partial charge < -0.3 is 10.6 Å². The van der Waals surface area contributed by atoms with E-state index in [2.05, 4.69) is 0 Å². The highest BCUT2D eigenvalue weighted by Crippen LogP contribution is 2.22. The zero-order valence-electron chi connectivity index (χ0n) is 13.5. The van der Waals surface area contributed by atoms with Gasteiger partial charge in [0.1, 0.15) is 0 Å². The minimum atomic E-state index is -3.47. The normalized spacial score (nSPS) is 11.6. The van der Waals surface area contributed by atoms with Gasteiger partial charge in [-0.25, -0.2) is 8.42 Å². The fourth-order valence-electron chi connectivity index (χ4n) is 2.22. The molecule has 0 saturated carbocycles. The number of nitrogens with zero attached hydrogens (tertiary/aromatic N) is 2. The quantitative estimate of drug-likeness (QED) is 0.789. The Bertz CT molecular complexity index is 713. The van der Waals surface area contributed by atoms with Gasteiger partial charge in [0.05, 0.1) is 11.4 Å². The van der Waals surface area contributed by atoms with Crippen molar-refractivity contribution in [2.24, 2.45) is 0 Å². The van der Waals surface area contributed by atoms with Crippen LogP contribution in [0, 0.1) is 0 Å². The molecule has 0 radical (unpaired) electrons. The van der Waals surface area contributed by atoms with E-state index in [1.165, 1.54) is 4.31 Å². The fourth-order valence-corrected chi connectivity index (χ4v) is 3.80. The Morgan fingerprint density at radius 3 is 2.09 bits per heavy atom. The average molecular weight is 333 g/mol. The number of nitrogens with two attached hydrogens (primary N) is 1. The highest BCUT2D eigenvalue weighted by molar-refractivity contribution is 7.92. The second-order valence-electron chi connectivity index (χ2n) is 5.71. The summed E-state index contributed by atoms with van der Waals surface area (Å²) in [6.07, 6.45) is 0. The van der Waals surface area contributed by atoms with Crippen LogP contribution in [0.5, 0.6) is 0 Å². The molecule has 2 N–H and O–H groups in total. The van der Waals surface area contributed by atoms with Crippen molar-refractivity contribution in [2.75, 3.05) is 37.2 Å². The van der Waals surface area contributed by atoms with Crippen LogP contribution in [0.2, 0.25) is 0 Å². The smallest absolute Gasteiger partial charge is 0.239 e. The van der Waals surface area contributed by atoms with Gasteiger partial charge in [0.25, 0.3) is 0 Å². The molecule has 23 heavy (non-hydrogen) atoms. The maximum atomic E-state index is 12.9. The highest BCUT2D eigenvalue weighted by atomic mass is 32.2. The monoisotopic (exact) mass is 333 g/mol. The lowest BCUT2D eigenvalue weighted by Gasteiger charge is -2.26. The summed E-state index contributed by atoms with van der Waals surface area (Å²) in [5, 5.41) is 0. The van der Waals surface area contributed by atoms with Crippen molar-refractivity contribution in [3.05, 3.63) is 60.2 Å². The van der Waals surface area contributed by atoms with Crippen LogP contribution < -0.4 is 10.0 Å². The molecule has 2 aromatic rings. The van der Waals surface area contributed by atoms with Crippen LogP contribution in [-0.2, 0) is 15.8 Å². The third-order valence-corrected chi connectivity index (χ3v) is 5.22. The number of likely N-dealkylation sites (N-methyl/N-ethyl adjacent to an activating group) is 1. The molecule has 5 nitrogen and oxygen atoms in total. The van der Waals surface area contributed by atoms with Crippen LogP contribution in [0.25, 0.3) is 0 Å². The molecule has 2 rings (SSSR count). The van der Waals surface area contributed by atoms with Crippen LogP contribution in [0.3, 0.4) is 0 Å². The molecule has 0 atom stereocenters. The molecule has 2 aromatic carbocycles. The Kier molecular flexibility index (Phi) is 5.63. The first-order valence-electron chi connectivity index (χ1n) is 7.43. The van der Waals surface area contributed by atoms with Gasteiger partial charge in [0, 0.05) is 18.8 Å². The molecule has 0 aliphatic carbocycles. The van der Waals surface area contributed by atoms with Crippen LogP contribution >= 0.6 is 0 Å². The summed E-state index contributed by atoms with van der Waals surface area (Å²) < 4.78 is 27.2. The molecule has 0 fully saturated rings. The number of anilines is 2. The van der Waals surface area contributed by atoms with E-state index in [1.54, 1.807) is 24.3 Å². The summed E-state index contributed by atoms with van der Waals surface area (Å²) in [7, 11) is 0.372. The third-order valence-electron chi connectivity index (χ3n) is 3.46. The third kappa shape index (κ3) is 4.97. The SMILES string of the molecule is CN(C)CCN(c1ccc(N)cc1)S(=O)(=O)Cc1ccccc1. The van der Waals surface area contributed by atoms with E-state index in [0.29, 0.717) is 24.5 Å². The number of hydrogen-bond donors (Lipinski definition) is 1. The number of hydrogen-bond acceptors (Lipinski definition) is 4. The molecular formula is C17H23N3O2S. The summed E-state index contributed by atoms with van der Waals surface area (Å²) in [4.78, 5) is 1.96. The lowest BCUT2D eigenvalue weighted by atomic mass is 10.2. The van der Waals surface area contributed by atoms with Gasteiger partial charge in [-0.15, -0.1) is 0 Å². The van der Waals surface area contributed by atoms with Gasteiger partial charge in [-0.05, 0) is 43.9 Å². The first-order valence-corrected chi connectivity index (χ1v) is 9.04. The van der Waals surface area contributed by atoms with Gasteiger partial charge in [0.15, 0.2) is 0 Å². The Morgan fingerprint density at radius 2 is 1.52 bits per heavy atom. The van der Waals surface area contributed by atoms with E-state index in [-0.39, 0.29) is 5.75 Å². The van der Waals surface area contributed by atoms with E-state index in [9.17, 15) is 8.42 Å². The summed E-state index contributed by atoms with van der Waals surface area (Å²) in [5.41, 5.74) is 7.73. The molecule has 0 aliphatic rings. The summed E-state index contributed by atoms with van der Waals surface area (Å²) in [6, 6.07) is 16.1. The predicted molar refractivity (Wildman–Crippen MR) is 95.8 cm³/mol. The second-order valence-corrected chi connectivity index (χ2v) is 7.60. The summed E-state index contributed by atoms with van der Waals surface area (Å²) >= 11 is 0. The standard InChI is InChI=1S/C17H23N3O2S/c1-19(2)12-13-20(17-10-8-16(18)9-11-17)23(21,22)14-15-6-4-3-5-7-15/h3-11H,12-14,18H2,1-2H3. The first kappa shape index (κ1) is 17.3.